The van der Waals surface area contributed by atoms with Crippen molar-refractivity contribution in [1.82, 2.24) is 4.98 Å². The number of carbonyl (C=O) groups is 1. The highest BCUT2D eigenvalue weighted by molar-refractivity contribution is 5.94. The molecule has 3 aromatic rings. The van der Waals surface area contributed by atoms with Crippen LogP contribution in [-0.4, -0.2) is 10.8 Å². The lowest BCUT2D eigenvalue weighted by Crippen LogP contribution is -1.90. The summed E-state index contributed by atoms with van der Waals surface area (Å²) in [6.07, 6.45) is 3.63. The zero-order valence-corrected chi connectivity index (χ0v) is 11.8. The van der Waals surface area contributed by atoms with Crippen molar-refractivity contribution in [3.05, 3.63) is 78.6 Å². The largest absolute Gasteiger partial charge is 0.295 e. The van der Waals surface area contributed by atoms with Crippen LogP contribution in [0.15, 0.2) is 73.1 Å². The fraction of sp³-hybridized carbons (Fsp3) is 0.0526. The summed E-state index contributed by atoms with van der Waals surface area (Å²) in [5.74, 6) is 0.0912. The molecule has 0 saturated carbocycles. The van der Waals surface area contributed by atoms with Gasteiger partial charge in [0, 0.05) is 18.0 Å². The molecule has 1 heterocycles. The first-order chi connectivity index (χ1) is 10.2. The molecule has 0 aliphatic rings. The molecule has 0 spiro atoms. The van der Waals surface area contributed by atoms with Gasteiger partial charge in [-0.15, -0.1) is 0 Å². The van der Waals surface area contributed by atoms with Gasteiger partial charge in [0.15, 0.2) is 5.78 Å². The van der Waals surface area contributed by atoms with E-state index in [4.69, 9.17) is 0 Å². The number of Topliss-reactive ketones (excluding diaryl/α,β-unsaturated/α-hetero) is 1. The molecule has 21 heavy (non-hydrogen) atoms. The summed E-state index contributed by atoms with van der Waals surface area (Å²) in [6.45, 7) is 1.58. The Labute approximate surface area is 124 Å². The van der Waals surface area contributed by atoms with E-state index in [1.807, 2.05) is 42.6 Å². The quantitative estimate of drug-likeness (QED) is 0.652. The number of aromatic nitrogens is 1. The lowest BCUT2D eigenvalue weighted by molar-refractivity contribution is 0.101. The first-order valence-electron chi connectivity index (χ1n) is 6.86. The van der Waals surface area contributed by atoms with Crippen LogP contribution in [-0.2, 0) is 0 Å². The molecule has 2 nitrogen and oxygen atoms in total. The molecule has 0 aliphatic carbocycles. The Kier molecular flexibility index (Phi) is 3.61. The van der Waals surface area contributed by atoms with Crippen LogP contribution in [0.25, 0.3) is 22.3 Å². The molecule has 0 amide bonds. The zero-order chi connectivity index (χ0) is 14.7. The highest BCUT2D eigenvalue weighted by atomic mass is 16.1. The van der Waals surface area contributed by atoms with Gasteiger partial charge in [0.2, 0.25) is 0 Å². The van der Waals surface area contributed by atoms with E-state index in [0.717, 1.165) is 27.8 Å². The summed E-state index contributed by atoms with van der Waals surface area (Å²) in [6, 6.07) is 20.0. The molecule has 0 radical (unpaired) electrons. The van der Waals surface area contributed by atoms with Crippen LogP contribution in [0.1, 0.15) is 17.3 Å². The van der Waals surface area contributed by atoms with Crippen LogP contribution in [0, 0.1) is 0 Å². The molecule has 0 bridgehead atoms. The molecule has 102 valence electrons. The van der Waals surface area contributed by atoms with Crippen LogP contribution < -0.4 is 0 Å². The van der Waals surface area contributed by atoms with E-state index in [-0.39, 0.29) is 5.78 Å². The summed E-state index contributed by atoms with van der Waals surface area (Å²) >= 11 is 0. The summed E-state index contributed by atoms with van der Waals surface area (Å²) in [4.78, 5) is 15.4. The molecular formula is C19H15NO. The molecule has 0 fully saturated rings. The second-order valence-corrected chi connectivity index (χ2v) is 4.95. The standard InChI is InChI=1S/C19H15NO/c1-14(21)15-4-6-16(7-5-15)17-8-10-18(11-9-17)19-3-2-12-20-13-19/h2-13H,1H3. The second-order valence-electron chi connectivity index (χ2n) is 4.95. The van der Waals surface area contributed by atoms with Crippen molar-refractivity contribution in [3.63, 3.8) is 0 Å². The number of rotatable bonds is 3. The minimum atomic E-state index is 0.0912. The lowest BCUT2D eigenvalue weighted by atomic mass is 10.00. The molecular weight excluding hydrogens is 258 g/mol. The zero-order valence-electron chi connectivity index (χ0n) is 11.8. The normalized spacial score (nSPS) is 10.3. The van der Waals surface area contributed by atoms with Crippen molar-refractivity contribution in [2.75, 3.05) is 0 Å². The van der Waals surface area contributed by atoms with Gasteiger partial charge in [-0.2, -0.15) is 0 Å². The number of nitrogens with zero attached hydrogens (tertiary/aromatic N) is 1. The fourth-order valence-electron chi connectivity index (χ4n) is 2.29. The minimum Gasteiger partial charge on any atom is -0.295 e. The van der Waals surface area contributed by atoms with Crippen LogP contribution in [0.5, 0.6) is 0 Å². The number of hydrogen-bond acceptors (Lipinski definition) is 2. The Bertz CT molecular complexity index is 744. The highest BCUT2D eigenvalue weighted by Crippen LogP contribution is 2.24. The summed E-state index contributed by atoms with van der Waals surface area (Å²) in [5.41, 5.74) is 5.24. The lowest BCUT2D eigenvalue weighted by Gasteiger charge is -2.05. The fourth-order valence-corrected chi connectivity index (χ4v) is 2.29. The Morgan fingerprint density at radius 3 is 1.76 bits per heavy atom. The predicted molar refractivity (Wildman–Crippen MR) is 85.1 cm³/mol. The smallest absolute Gasteiger partial charge is 0.159 e. The number of hydrogen-bond donors (Lipinski definition) is 0. The molecule has 0 aliphatic heterocycles. The maximum absolute atomic E-state index is 11.3. The predicted octanol–water partition coefficient (Wildman–Crippen LogP) is 4.62. The van der Waals surface area contributed by atoms with Crippen LogP contribution in [0.3, 0.4) is 0 Å². The summed E-state index contributed by atoms with van der Waals surface area (Å²) in [5, 5.41) is 0. The first kappa shape index (κ1) is 13.3. The molecule has 1 aromatic heterocycles. The third kappa shape index (κ3) is 2.90. The maximum atomic E-state index is 11.3. The number of carbonyl (C=O) groups excluding carboxylic acids is 1. The van der Waals surface area contributed by atoms with Crippen LogP contribution in [0.4, 0.5) is 0 Å². The third-order valence-corrected chi connectivity index (χ3v) is 3.50. The van der Waals surface area contributed by atoms with Gasteiger partial charge in [0.25, 0.3) is 0 Å². The van der Waals surface area contributed by atoms with Gasteiger partial charge in [-0.25, -0.2) is 0 Å². The Hall–Kier alpha value is -2.74. The van der Waals surface area contributed by atoms with E-state index in [2.05, 4.69) is 29.2 Å². The Morgan fingerprint density at radius 2 is 1.29 bits per heavy atom. The van der Waals surface area contributed by atoms with Gasteiger partial charge in [-0.3, -0.25) is 9.78 Å². The van der Waals surface area contributed by atoms with Crippen molar-refractivity contribution < 1.29 is 4.79 Å². The van der Waals surface area contributed by atoms with Crippen LogP contribution in [0.2, 0.25) is 0 Å². The minimum absolute atomic E-state index is 0.0912. The van der Waals surface area contributed by atoms with E-state index in [9.17, 15) is 4.79 Å². The molecule has 2 heteroatoms. The van der Waals surface area contributed by atoms with Crippen molar-refractivity contribution in [3.8, 4) is 22.3 Å². The van der Waals surface area contributed by atoms with Crippen molar-refractivity contribution in [2.45, 2.75) is 6.92 Å². The molecule has 0 saturated heterocycles. The van der Waals surface area contributed by atoms with E-state index in [1.165, 1.54) is 0 Å². The van der Waals surface area contributed by atoms with Crippen LogP contribution >= 0.6 is 0 Å². The monoisotopic (exact) mass is 273 g/mol. The van der Waals surface area contributed by atoms with E-state index >= 15 is 0 Å². The Morgan fingerprint density at radius 1 is 0.762 bits per heavy atom. The average molecular weight is 273 g/mol. The van der Waals surface area contributed by atoms with E-state index in [1.54, 1.807) is 13.1 Å². The van der Waals surface area contributed by atoms with Crippen molar-refractivity contribution >= 4 is 5.78 Å². The molecule has 3 rings (SSSR count). The molecule has 0 N–H and O–H groups in total. The number of ketones is 1. The van der Waals surface area contributed by atoms with Gasteiger partial charge in [0.05, 0.1) is 0 Å². The van der Waals surface area contributed by atoms with Gasteiger partial charge in [-0.1, -0.05) is 54.6 Å². The Balaban J connectivity index is 1.89. The van der Waals surface area contributed by atoms with Crippen molar-refractivity contribution in [1.29, 1.82) is 0 Å². The number of benzene rings is 2. The maximum Gasteiger partial charge on any atom is 0.159 e. The van der Waals surface area contributed by atoms with Gasteiger partial charge in [-0.05, 0) is 35.2 Å². The highest BCUT2D eigenvalue weighted by Gasteiger charge is 2.02. The van der Waals surface area contributed by atoms with Gasteiger partial charge < -0.3 is 0 Å². The summed E-state index contributed by atoms with van der Waals surface area (Å²) < 4.78 is 0. The topological polar surface area (TPSA) is 30.0 Å². The molecule has 0 atom stereocenters. The first-order valence-corrected chi connectivity index (χ1v) is 6.86. The summed E-state index contributed by atoms with van der Waals surface area (Å²) in [7, 11) is 0. The SMILES string of the molecule is CC(=O)c1ccc(-c2ccc(-c3cccnc3)cc2)cc1. The van der Waals surface area contributed by atoms with E-state index < -0.39 is 0 Å². The second kappa shape index (κ2) is 5.71. The average Bonchev–Trinajstić information content (AvgIpc) is 2.56. The molecule has 0 unspecified atom stereocenters. The van der Waals surface area contributed by atoms with Gasteiger partial charge >= 0.3 is 0 Å². The molecule has 2 aromatic carbocycles. The van der Waals surface area contributed by atoms with Crippen molar-refractivity contribution in [2.24, 2.45) is 0 Å². The third-order valence-electron chi connectivity index (χ3n) is 3.50. The van der Waals surface area contributed by atoms with E-state index in [0.29, 0.717) is 0 Å². The number of pyridine rings is 1. The van der Waals surface area contributed by atoms with Gasteiger partial charge in [0.1, 0.15) is 0 Å².